The van der Waals surface area contributed by atoms with Gasteiger partial charge in [0.15, 0.2) is 11.5 Å². The summed E-state index contributed by atoms with van der Waals surface area (Å²) in [5, 5.41) is 3.59. The van der Waals surface area contributed by atoms with E-state index in [1.165, 1.54) is 11.1 Å². The van der Waals surface area contributed by atoms with E-state index in [-0.39, 0.29) is 18.4 Å². The van der Waals surface area contributed by atoms with Gasteiger partial charge in [0.25, 0.3) is 0 Å². The van der Waals surface area contributed by atoms with E-state index in [2.05, 4.69) is 22.2 Å². The monoisotopic (exact) mass is 488 g/mol. The number of halogens is 1. The molecule has 176 valence electrons. The third kappa shape index (κ3) is 6.63. The van der Waals surface area contributed by atoms with Crippen molar-refractivity contribution in [3.63, 3.8) is 0 Å². The van der Waals surface area contributed by atoms with Crippen molar-refractivity contribution in [1.29, 1.82) is 0 Å². The standard InChI is InChI=1S/C25H28N2O4S.ClH/c1-30-24-15-20-11-12-26-23(14-19-9-6-10-21(13-19)27-32(2,28)29)22(20)16-25(24)31-17-18-7-4-3-5-8-18;/h3-10,13,15-16,23,26-27H,11-12,14,17H2,1-2H3;1H. The quantitative estimate of drug-likeness (QED) is 0.488. The van der Waals surface area contributed by atoms with Gasteiger partial charge in [-0.15, -0.1) is 12.4 Å². The normalized spacial score (nSPS) is 15.2. The van der Waals surface area contributed by atoms with E-state index in [4.69, 9.17) is 9.47 Å². The maximum Gasteiger partial charge on any atom is 0.229 e. The van der Waals surface area contributed by atoms with Gasteiger partial charge < -0.3 is 14.8 Å². The van der Waals surface area contributed by atoms with Crippen molar-refractivity contribution in [3.8, 4) is 11.5 Å². The van der Waals surface area contributed by atoms with E-state index in [0.29, 0.717) is 12.3 Å². The average Bonchev–Trinajstić information content (AvgIpc) is 2.77. The van der Waals surface area contributed by atoms with E-state index in [0.717, 1.165) is 48.3 Å². The number of nitrogens with one attached hydrogen (secondary N) is 2. The molecule has 3 aromatic carbocycles. The highest BCUT2D eigenvalue weighted by molar-refractivity contribution is 7.92. The summed E-state index contributed by atoms with van der Waals surface area (Å²) in [6, 6.07) is 21.8. The Bertz CT molecular complexity index is 1190. The molecule has 3 aromatic rings. The Labute approximate surface area is 201 Å². The molecule has 0 fully saturated rings. The van der Waals surface area contributed by atoms with Gasteiger partial charge in [0.1, 0.15) is 6.61 Å². The fourth-order valence-corrected chi connectivity index (χ4v) is 4.61. The Morgan fingerprint density at radius 1 is 1.00 bits per heavy atom. The van der Waals surface area contributed by atoms with Gasteiger partial charge in [-0.05, 0) is 65.9 Å². The molecule has 33 heavy (non-hydrogen) atoms. The van der Waals surface area contributed by atoms with Crippen molar-refractivity contribution in [3.05, 3.63) is 89.0 Å². The highest BCUT2D eigenvalue weighted by Crippen LogP contribution is 2.37. The molecular weight excluding hydrogens is 460 g/mol. The predicted molar refractivity (Wildman–Crippen MR) is 134 cm³/mol. The van der Waals surface area contributed by atoms with Gasteiger partial charge in [0.05, 0.1) is 13.4 Å². The molecule has 2 N–H and O–H groups in total. The van der Waals surface area contributed by atoms with Gasteiger partial charge in [0.2, 0.25) is 10.0 Å². The number of benzene rings is 3. The maximum absolute atomic E-state index is 11.6. The summed E-state index contributed by atoms with van der Waals surface area (Å²) in [5.41, 5.74) is 5.14. The fraction of sp³-hybridized carbons (Fsp3) is 0.280. The zero-order valence-corrected chi connectivity index (χ0v) is 20.3. The largest absolute Gasteiger partial charge is 0.493 e. The lowest BCUT2D eigenvalue weighted by atomic mass is 9.89. The first-order chi connectivity index (χ1) is 15.4. The van der Waals surface area contributed by atoms with Gasteiger partial charge in [-0.25, -0.2) is 8.42 Å². The molecular formula is C25H29ClN2O4S. The molecule has 1 unspecified atom stereocenters. The molecule has 4 rings (SSSR count). The van der Waals surface area contributed by atoms with E-state index in [1.54, 1.807) is 13.2 Å². The second-order valence-corrected chi connectivity index (χ2v) is 9.76. The van der Waals surface area contributed by atoms with Crippen LogP contribution in [-0.2, 0) is 29.5 Å². The van der Waals surface area contributed by atoms with Crippen molar-refractivity contribution in [2.75, 3.05) is 24.6 Å². The number of methoxy groups -OCH3 is 1. The van der Waals surface area contributed by atoms with Gasteiger partial charge in [-0.1, -0.05) is 42.5 Å². The molecule has 8 heteroatoms. The summed E-state index contributed by atoms with van der Waals surface area (Å²) in [6.45, 7) is 1.33. The summed E-state index contributed by atoms with van der Waals surface area (Å²) in [4.78, 5) is 0. The van der Waals surface area contributed by atoms with E-state index in [9.17, 15) is 8.42 Å². The first kappa shape index (κ1) is 24.9. The second kappa shape index (κ2) is 10.9. The number of anilines is 1. The number of rotatable bonds is 8. The first-order valence-electron chi connectivity index (χ1n) is 10.6. The Kier molecular flexibility index (Phi) is 8.24. The van der Waals surface area contributed by atoms with Crippen LogP contribution in [0.1, 0.15) is 28.3 Å². The van der Waals surface area contributed by atoms with Gasteiger partial charge in [0, 0.05) is 11.7 Å². The van der Waals surface area contributed by atoms with Crippen molar-refractivity contribution in [2.24, 2.45) is 0 Å². The minimum absolute atomic E-state index is 0. The van der Waals surface area contributed by atoms with Gasteiger partial charge in [-0.2, -0.15) is 0 Å². The average molecular weight is 489 g/mol. The summed E-state index contributed by atoms with van der Waals surface area (Å²) in [7, 11) is -1.65. The zero-order chi connectivity index (χ0) is 22.6. The molecule has 0 aliphatic carbocycles. The summed E-state index contributed by atoms with van der Waals surface area (Å²) < 4.78 is 37.4. The molecule has 0 amide bonds. The molecule has 6 nitrogen and oxygen atoms in total. The number of sulfonamides is 1. The van der Waals surface area contributed by atoms with E-state index >= 15 is 0 Å². The van der Waals surface area contributed by atoms with Crippen LogP contribution in [0.5, 0.6) is 11.5 Å². The number of hydrogen-bond donors (Lipinski definition) is 2. The van der Waals surface area contributed by atoms with Crippen LogP contribution in [0.25, 0.3) is 0 Å². The van der Waals surface area contributed by atoms with Crippen molar-refractivity contribution in [1.82, 2.24) is 5.32 Å². The fourth-order valence-electron chi connectivity index (χ4n) is 4.05. The smallest absolute Gasteiger partial charge is 0.229 e. The lowest BCUT2D eigenvalue weighted by molar-refractivity contribution is 0.283. The van der Waals surface area contributed by atoms with Crippen molar-refractivity contribution in [2.45, 2.75) is 25.5 Å². The van der Waals surface area contributed by atoms with Crippen LogP contribution in [0.4, 0.5) is 5.69 Å². The number of fused-ring (bicyclic) bond motifs is 1. The Morgan fingerprint density at radius 2 is 1.76 bits per heavy atom. The molecule has 0 saturated heterocycles. The maximum atomic E-state index is 11.6. The molecule has 1 aliphatic rings. The SMILES string of the molecule is COc1cc2c(cc1OCc1ccccc1)C(Cc1cccc(NS(C)(=O)=O)c1)NCC2.Cl. The van der Waals surface area contributed by atoms with Gasteiger partial charge >= 0.3 is 0 Å². The summed E-state index contributed by atoms with van der Waals surface area (Å²) in [6.07, 6.45) is 2.80. The third-order valence-corrected chi connectivity index (χ3v) is 6.10. The molecule has 0 radical (unpaired) electrons. The van der Waals surface area contributed by atoms with Crippen LogP contribution in [-0.4, -0.2) is 28.3 Å². The van der Waals surface area contributed by atoms with Crippen molar-refractivity contribution >= 4 is 28.1 Å². The van der Waals surface area contributed by atoms with Crippen LogP contribution in [0, 0.1) is 0 Å². The van der Waals surface area contributed by atoms with Crippen LogP contribution in [0.15, 0.2) is 66.7 Å². The summed E-state index contributed by atoms with van der Waals surface area (Å²) >= 11 is 0. The summed E-state index contributed by atoms with van der Waals surface area (Å²) in [5.74, 6) is 1.45. The van der Waals surface area contributed by atoms with Gasteiger partial charge in [-0.3, -0.25) is 4.72 Å². The molecule has 0 saturated carbocycles. The highest BCUT2D eigenvalue weighted by atomic mass is 35.5. The number of hydrogen-bond acceptors (Lipinski definition) is 5. The number of ether oxygens (including phenoxy) is 2. The Morgan fingerprint density at radius 3 is 2.48 bits per heavy atom. The highest BCUT2D eigenvalue weighted by Gasteiger charge is 2.23. The van der Waals surface area contributed by atoms with Crippen LogP contribution < -0.4 is 19.5 Å². The van der Waals surface area contributed by atoms with E-state index < -0.39 is 10.0 Å². The molecule has 0 bridgehead atoms. The van der Waals surface area contributed by atoms with E-state index in [1.807, 2.05) is 48.5 Å². The lowest BCUT2D eigenvalue weighted by Gasteiger charge is -2.28. The molecule has 0 spiro atoms. The third-order valence-electron chi connectivity index (χ3n) is 5.49. The topological polar surface area (TPSA) is 76.7 Å². The van der Waals surface area contributed by atoms with Crippen LogP contribution in [0.3, 0.4) is 0 Å². The first-order valence-corrected chi connectivity index (χ1v) is 12.5. The molecule has 1 heterocycles. The van der Waals surface area contributed by atoms with Crippen LogP contribution in [0.2, 0.25) is 0 Å². The zero-order valence-electron chi connectivity index (χ0n) is 18.7. The predicted octanol–water partition coefficient (Wildman–Crippen LogP) is 4.50. The lowest BCUT2D eigenvalue weighted by Crippen LogP contribution is -2.31. The minimum atomic E-state index is -3.31. The Hall–Kier alpha value is -2.74. The Balaban J connectivity index is 0.00000306. The molecule has 1 atom stereocenters. The second-order valence-electron chi connectivity index (χ2n) is 8.01. The van der Waals surface area contributed by atoms with Crippen molar-refractivity contribution < 1.29 is 17.9 Å². The van der Waals surface area contributed by atoms with Crippen LogP contribution >= 0.6 is 12.4 Å². The molecule has 1 aliphatic heterocycles. The minimum Gasteiger partial charge on any atom is -0.493 e. The molecule has 0 aromatic heterocycles.